The molecule has 162 valence electrons. The largest absolute Gasteiger partial charge is 0.487 e. The predicted molar refractivity (Wildman–Crippen MR) is 121 cm³/mol. The fraction of sp³-hybridized carbons (Fsp3) is 0.130. The van der Waals surface area contributed by atoms with E-state index >= 15 is 0 Å². The van der Waals surface area contributed by atoms with Gasteiger partial charge in [-0.25, -0.2) is 4.98 Å². The summed E-state index contributed by atoms with van der Waals surface area (Å²) in [5.41, 5.74) is 2.61. The lowest BCUT2D eigenvalue weighted by Crippen LogP contribution is -2.16. The zero-order chi connectivity index (χ0) is 22.3. The molecule has 0 aliphatic heterocycles. The van der Waals surface area contributed by atoms with Gasteiger partial charge in [0.05, 0.1) is 10.6 Å². The Labute approximate surface area is 183 Å². The third kappa shape index (κ3) is 5.20. The lowest BCUT2D eigenvalue weighted by molar-refractivity contribution is -0.384. The number of amides is 1. The molecule has 4 aromatic rings. The highest BCUT2D eigenvalue weighted by molar-refractivity contribution is 5.91. The van der Waals surface area contributed by atoms with E-state index in [9.17, 15) is 14.9 Å². The number of imidazole rings is 1. The average Bonchev–Trinajstić information content (AvgIpc) is 3.21. The van der Waals surface area contributed by atoms with Crippen LogP contribution in [0.2, 0.25) is 0 Å². The smallest absolute Gasteiger partial charge is 0.292 e. The summed E-state index contributed by atoms with van der Waals surface area (Å²) in [6.07, 6.45) is 3.98. The number of nitrogens with zero attached hydrogens (tertiary/aromatic N) is 3. The van der Waals surface area contributed by atoms with Crippen LogP contribution >= 0.6 is 0 Å². The number of benzene rings is 2. The van der Waals surface area contributed by atoms with Crippen molar-refractivity contribution in [2.24, 2.45) is 0 Å². The van der Waals surface area contributed by atoms with Crippen LogP contribution in [0.3, 0.4) is 0 Å². The number of pyridine rings is 1. The Morgan fingerprint density at radius 1 is 1.09 bits per heavy atom. The van der Waals surface area contributed by atoms with Crippen molar-refractivity contribution in [2.45, 2.75) is 13.0 Å². The summed E-state index contributed by atoms with van der Waals surface area (Å²) in [4.78, 5) is 27.4. The molecular formula is C23H21N5O4. The SMILES string of the molecule is O=C(CCNc1ccccc1[N+](=O)[O-])Nc1cccc(OCc2cn3ccccc3n2)c1. The van der Waals surface area contributed by atoms with Crippen molar-refractivity contribution >= 4 is 28.6 Å². The minimum atomic E-state index is -0.458. The van der Waals surface area contributed by atoms with Crippen LogP contribution in [0.15, 0.2) is 79.1 Å². The van der Waals surface area contributed by atoms with Crippen molar-refractivity contribution < 1.29 is 14.5 Å². The highest BCUT2D eigenvalue weighted by Gasteiger charge is 2.12. The van der Waals surface area contributed by atoms with Crippen LogP contribution in [0, 0.1) is 10.1 Å². The van der Waals surface area contributed by atoms with Gasteiger partial charge >= 0.3 is 0 Å². The number of hydrogen-bond donors (Lipinski definition) is 2. The van der Waals surface area contributed by atoms with Crippen LogP contribution in [-0.2, 0) is 11.4 Å². The molecule has 32 heavy (non-hydrogen) atoms. The van der Waals surface area contributed by atoms with Gasteiger partial charge in [0.15, 0.2) is 0 Å². The van der Waals surface area contributed by atoms with E-state index < -0.39 is 4.92 Å². The second-order valence-electron chi connectivity index (χ2n) is 7.01. The van der Waals surface area contributed by atoms with Crippen molar-refractivity contribution in [3.63, 3.8) is 0 Å². The van der Waals surface area contributed by atoms with Gasteiger partial charge < -0.3 is 19.8 Å². The third-order valence-corrected chi connectivity index (χ3v) is 4.69. The molecule has 0 unspecified atom stereocenters. The molecule has 9 heteroatoms. The number of hydrogen-bond acceptors (Lipinski definition) is 6. The number of carbonyl (C=O) groups is 1. The predicted octanol–water partition coefficient (Wildman–Crippen LogP) is 4.26. The van der Waals surface area contributed by atoms with Crippen LogP contribution in [0.1, 0.15) is 12.1 Å². The van der Waals surface area contributed by atoms with Crippen LogP contribution in [0.5, 0.6) is 5.75 Å². The first-order valence-electron chi connectivity index (χ1n) is 10.0. The van der Waals surface area contributed by atoms with E-state index in [0.717, 1.165) is 11.3 Å². The fourth-order valence-corrected chi connectivity index (χ4v) is 3.19. The van der Waals surface area contributed by atoms with Crippen LogP contribution in [0.25, 0.3) is 5.65 Å². The molecule has 2 N–H and O–H groups in total. The van der Waals surface area contributed by atoms with Crippen LogP contribution < -0.4 is 15.4 Å². The maximum absolute atomic E-state index is 12.3. The molecule has 0 aliphatic rings. The minimum Gasteiger partial charge on any atom is -0.487 e. The molecule has 0 bridgehead atoms. The minimum absolute atomic E-state index is 0.0247. The summed E-state index contributed by atoms with van der Waals surface area (Å²) >= 11 is 0. The number of rotatable bonds is 9. The molecule has 9 nitrogen and oxygen atoms in total. The maximum atomic E-state index is 12.3. The molecule has 0 aliphatic carbocycles. The molecule has 2 heterocycles. The van der Waals surface area contributed by atoms with Gasteiger partial charge in [-0.1, -0.05) is 24.3 Å². The Morgan fingerprint density at radius 3 is 2.78 bits per heavy atom. The Bertz CT molecular complexity index is 1220. The molecule has 2 aromatic heterocycles. The van der Waals surface area contributed by atoms with E-state index in [-0.39, 0.29) is 24.6 Å². The molecule has 0 fully saturated rings. The number of nitrogens with one attached hydrogen (secondary N) is 2. The van der Waals surface area contributed by atoms with E-state index in [1.165, 1.54) is 6.07 Å². The molecule has 0 radical (unpaired) electrons. The van der Waals surface area contributed by atoms with Crippen molar-refractivity contribution in [3.8, 4) is 5.75 Å². The number of ether oxygens (including phenoxy) is 1. The lowest BCUT2D eigenvalue weighted by Gasteiger charge is -2.09. The summed E-state index contributed by atoms with van der Waals surface area (Å²) in [6, 6.07) is 19.2. The van der Waals surface area contributed by atoms with Gasteiger partial charge in [0.25, 0.3) is 5.69 Å². The Morgan fingerprint density at radius 2 is 1.94 bits per heavy atom. The van der Waals surface area contributed by atoms with Gasteiger partial charge in [-0.15, -0.1) is 0 Å². The normalized spacial score (nSPS) is 10.6. The molecule has 0 saturated heterocycles. The topological polar surface area (TPSA) is 111 Å². The van der Waals surface area contributed by atoms with E-state index in [4.69, 9.17) is 4.74 Å². The molecule has 0 saturated carbocycles. The molecule has 0 atom stereocenters. The van der Waals surface area contributed by atoms with E-state index in [1.807, 2.05) is 41.1 Å². The summed E-state index contributed by atoms with van der Waals surface area (Å²) in [5.74, 6) is 0.395. The van der Waals surface area contributed by atoms with E-state index in [0.29, 0.717) is 23.7 Å². The number of nitro benzene ring substituents is 1. The number of anilines is 2. The van der Waals surface area contributed by atoms with Crippen LogP contribution in [-0.4, -0.2) is 26.8 Å². The summed E-state index contributed by atoms with van der Waals surface area (Å²) in [7, 11) is 0. The second kappa shape index (κ2) is 9.61. The van der Waals surface area contributed by atoms with E-state index in [1.54, 1.807) is 36.4 Å². The van der Waals surface area contributed by atoms with Crippen molar-refractivity contribution in [2.75, 3.05) is 17.2 Å². The number of nitro groups is 1. The van der Waals surface area contributed by atoms with Gasteiger partial charge in [-0.3, -0.25) is 14.9 Å². The van der Waals surface area contributed by atoms with E-state index in [2.05, 4.69) is 15.6 Å². The first-order valence-corrected chi connectivity index (χ1v) is 10.0. The number of aromatic nitrogens is 2. The summed E-state index contributed by atoms with van der Waals surface area (Å²) < 4.78 is 7.74. The Balaban J connectivity index is 1.28. The zero-order valence-corrected chi connectivity index (χ0v) is 17.1. The Hall–Kier alpha value is -4.40. The third-order valence-electron chi connectivity index (χ3n) is 4.69. The molecular weight excluding hydrogens is 410 g/mol. The highest BCUT2D eigenvalue weighted by atomic mass is 16.6. The van der Waals surface area contributed by atoms with Gasteiger partial charge in [-0.2, -0.15) is 0 Å². The lowest BCUT2D eigenvalue weighted by atomic mass is 10.2. The maximum Gasteiger partial charge on any atom is 0.292 e. The second-order valence-corrected chi connectivity index (χ2v) is 7.01. The van der Waals surface area contributed by atoms with Crippen LogP contribution in [0.4, 0.5) is 17.1 Å². The quantitative estimate of drug-likeness (QED) is 0.303. The molecule has 2 aromatic carbocycles. The molecule has 4 rings (SSSR count). The number of para-hydroxylation sites is 2. The zero-order valence-electron chi connectivity index (χ0n) is 17.1. The average molecular weight is 431 g/mol. The Kier molecular flexibility index (Phi) is 6.26. The standard InChI is InChI=1S/C23H21N5O4/c29-23(11-12-24-20-8-1-2-9-21(20)28(30)31)26-17-6-5-7-19(14-17)32-16-18-15-27-13-4-3-10-22(27)25-18/h1-10,13-15,24H,11-12,16H2,(H,26,29). The van der Waals surface area contributed by atoms with Crippen molar-refractivity contribution in [1.29, 1.82) is 0 Å². The van der Waals surface area contributed by atoms with Gasteiger partial charge in [0, 0.05) is 43.2 Å². The van der Waals surface area contributed by atoms with Gasteiger partial charge in [-0.05, 0) is 30.3 Å². The highest BCUT2D eigenvalue weighted by Crippen LogP contribution is 2.23. The molecule has 1 amide bonds. The monoisotopic (exact) mass is 431 g/mol. The number of carbonyl (C=O) groups excluding carboxylic acids is 1. The summed E-state index contributed by atoms with van der Waals surface area (Å²) in [6.45, 7) is 0.569. The van der Waals surface area contributed by atoms with Gasteiger partial charge in [0.2, 0.25) is 5.91 Å². The van der Waals surface area contributed by atoms with Crippen molar-refractivity contribution in [1.82, 2.24) is 9.38 Å². The van der Waals surface area contributed by atoms with Crippen molar-refractivity contribution in [3.05, 3.63) is 94.9 Å². The first kappa shape index (κ1) is 20.9. The van der Waals surface area contributed by atoms with Gasteiger partial charge in [0.1, 0.15) is 23.7 Å². The molecule has 0 spiro atoms. The summed E-state index contributed by atoms with van der Waals surface area (Å²) in [5, 5.41) is 16.8. The first-order chi connectivity index (χ1) is 15.6. The number of fused-ring (bicyclic) bond motifs is 1. The fourth-order valence-electron chi connectivity index (χ4n) is 3.19.